The van der Waals surface area contributed by atoms with E-state index in [2.05, 4.69) is 19.9 Å². The molecule has 166 valence electrons. The van der Waals surface area contributed by atoms with Gasteiger partial charge in [-0.15, -0.1) is 11.3 Å². The average molecular weight is 473 g/mol. The van der Waals surface area contributed by atoms with Crippen molar-refractivity contribution < 1.29 is 17.9 Å². The summed E-state index contributed by atoms with van der Waals surface area (Å²) < 4.78 is 33.3. The van der Waals surface area contributed by atoms with E-state index < -0.39 is 16.0 Å². The Balaban J connectivity index is 1.55. The summed E-state index contributed by atoms with van der Waals surface area (Å²) >= 11 is 1.25. The number of carbonyl (C=O) groups excluding carboxylic acids is 1. The molecule has 0 atom stereocenters. The van der Waals surface area contributed by atoms with Gasteiger partial charge in [0.15, 0.2) is 16.5 Å². The van der Waals surface area contributed by atoms with Gasteiger partial charge in [0.25, 0.3) is 0 Å². The number of nitrogens with zero attached hydrogens (tertiary/aromatic N) is 6. The Kier molecular flexibility index (Phi) is 6.00. The molecular weight excluding hydrogens is 452 g/mol. The van der Waals surface area contributed by atoms with Crippen LogP contribution in [0.3, 0.4) is 0 Å². The van der Waals surface area contributed by atoms with Gasteiger partial charge in [-0.05, 0) is 31.2 Å². The predicted octanol–water partition coefficient (Wildman–Crippen LogP) is 2.58. The van der Waals surface area contributed by atoms with E-state index in [4.69, 9.17) is 4.74 Å². The van der Waals surface area contributed by atoms with Crippen LogP contribution >= 0.6 is 11.3 Å². The quantitative estimate of drug-likeness (QED) is 0.376. The number of rotatable bonds is 7. The molecule has 3 heterocycles. The molecule has 0 spiro atoms. The number of hydrogen-bond donors (Lipinski definition) is 0. The number of ether oxygens (including phenoxy) is 1. The molecule has 0 fully saturated rings. The van der Waals surface area contributed by atoms with Gasteiger partial charge in [-0.1, -0.05) is 0 Å². The zero-order valence-electron chi connectivity index (χ0n) is 17.6. The van der Waals surface area contributed by atoms with Crippen molar-refractivity contribution in [3.8, 4) is 10.8 Å². The van der Waals surface area contributed by atoms with E-state index in [9.17, 15) is 13.2 Å². The van der Waals surface area contributed by atoms with Crippen LogP contribution in [-0.2, 0) is 27.9 Å². The Morgan fingerprint density at radius 3 is 2.62 bits per heavy atom. The Hall–Kier alpha value is -3.22. The van der Waals surface area contributed by atoms with Crippen LogP contribution in [0.25, 0.3) is 21.9 Å². The van der Waals surface area contributed by atoms with Crippen molar-refractivity contribution in [3.63, 3.8) is 0 Å². The molecule has 0 aliphatic rings. The van der Waals surface area contributed by atoms with Crippen molar-refractivity contribution >= 4 is 38.4 Å². The number of thiazole rings is 1. The lowest BCUT2D eigenvalue weighted by atomic mass is 10.3. The van der Waals surface area contributed by atoms with Gasteiger partial charge in [0, 0.05) is 38.4 Å². The SMILES string of the molecule is CCn1c(COC(=O)c2csc(-c3ncccn3)n2)nc2cc(S(=O)(=O)N(C)C)ccc21. The van der Waals surface area contributed by atoms with E-state index in [1.807, 2.05) is 11.5 Å². The molecule has 1 aromatic carbocycles. The van der Waals surface area contributed by atoms with Crippen molar-refractivity contribution in [2.45, 2.75) is 25.0 Å². The molecule has 0 saturated carbocycles. The van der Waals surface area contributed by atoms with Gasteiger partial charge >= 0.3 is 5.97 Å². The first-order valence-electron chi connectivity index (χ1n) is 9.63. The maximum Gasteiger partial charge on any atom is 0.358 e. The average Bonchev–Trinajstić information content (AvgIpc) is 3.42. The van der Waals surface area contributed by atoms with E-state index in [0.29, 0.717) is 28.7 Å². The standard InChI is InChI=1S/C20H20N6O4S2/c1-4-26-16-7-6-13(32(28,29)25(2)3)10-14(16)23-17(26)11-30-20(27)15-12-31-19(24-15)18-21-8-5-9-22-18/h5-10,12H,4,11H2,1-3H3. The fraction of sp³-hybridized carbons (Fsp3) is 0.250. The Morgan fingerprint density at radius 1 is 1.19 bits per heavy atom. The number of fused-ring (bicyclic) bond motifs is 1. The smallest absolute Gasteiger partial charge is 0.358 e. The van der Waals surface area contributed by atoms with Crippen molar-refractivity contribution in [1.29, 1.82) is 0 Å². The second kappa shape index (κ2) is 8.73. The summed E-state index contributed by atoms with van der Waals surface area (Å²) in [6, 6.07) is 6.48. The maximum absolute atomic E-state index is 12.5. The lowest BCUT2D eigenvalue weighted by Gasteiger charge is -2.11. The summed E-state index contributed by atoms with van der Waals surface area (Å²) in [6.07, 6.45) is 3.21. The molecule has 3 aromatic heterocycles. The Morgan fingerprint density at radius 2 is 1.94 bits per heavy atom. The summed E-state index contributed by atoms with van der Waals surface area (Å²) in [7, 11) is -0.630. The second-order valence-electron chi connectivity index (χ2n) is 6.90. The Labute approximate surface area is 188 Å². The first-order valence-corrected chi connectivity index (χ1v) is 11.9. The van der Waals surface area contributed by atoms with Crippen LogP contribution in [0.4, 0.5) is 0 Å². The zero-order valence-corrected chi connectivity index (χ0v) is 19.2. The van der Waals surface area contributed by atoms with Crippen LogP contribution in [0.1, 0.15) is 23.2 Å². The van der Waals surface area contributed by atoms with Crippen LogP contribution in [0.2, 0.25) is 0 Å². The minimum atomic E-state index is -3.58. The van der Waals surface area contributed by atoms with Crippen LogP contribution in [-0.4, -0.2) is 57.3 Å². The summed E-state index contributed by atoms with van der Waals surface area (Å²) in [5, 5.41) is 2.11. The topological polar surface area (TPSA) is 120 Å². The van der Waals surface area contributed by atoms with Crippen LogP contribution in [0.5, 0.6) is 0 Å². The highest BCUT2D eigenvalue weighted by Gasteiger charge is 2.20. The summed E-state index contributed by atoms with van der Waals surface area (Å²) in [5.41, 5.74) is 1.43. The molecule has 32 heavy (non-hydrogen) atoms. The number of aryl methyl sites for hydroxylation is 1. The van der Waals surface area contributed by atoms with Gasteiger partial charge in [0.05, 0.1) is 15.9 Å². The van der Waals surface area contributed by atoms with E-state index >= 15 is 0 Å². The lowest BCUT2D eigenvalue weighted by Crippen LogP contribution is -2.22. The summed E-state index contributed by atoms with van der Waals surface area (Å²) in [6.45, 7) is 2.44. The van der Waals surface area contributed by atoms with E-state index in [1.54, 1.807) is 36.0 Å². The molecule has 0 aliphatic heterocycles. The highest BCUT2D eigenvalue weighted by Crippen LogP contribution is 2.23. The second-order valence-corrected chi connectivity index (χ2v) is 9.91. The van der Waals surface area contributed by atoms with Crippen molar-refractivity contribution in [1.82, 2.24) is 28.8 Å². The fourth-order valence-electron chi connectivity index (χ4n) is 3.08. The molecule has 0 unspecified atom stereocenters. The van der Waals surface area contributed by atoms with E-state index in [1.165, 1.54) is 31.5 Å². The first kappa shape index (κ1) is 22.0. The number of hydrogen-bond acceptors (Lipinski definition) is 9. The molecular formula is C20H20N6O4S2. The van der Waals surface area contributed by atoms with E-state index in [0.717, 1.165) is 9.82 Å². The van der Waals surface area contributed by atoms with Crippen molar-refractivity contribution in [3.05, 3.63) is 53.6 Å². The third-order valence-electron chi connectivity index (χ3n) is 4.70. The third-order valence-corrected chi connectivity index (χ3v) is 7.35. The Bertz CT molecular complexity index is 1380. The molecule has 0 bridgehead atoms. The monoisotopic (exact) mass is 472 g/mol. The number of esters is 1. The molecule has 0 radical (unpaired) electrons. The molecule has 0 aliphatic carbocycles. The van der Waals surface area contributed by atoms with Gasteiger partial charge in [-0.3, -0.25) is 0 Å². The minimum Gasteiger partial charge on any atom is -0.453 e. The predicted molar refractivity (Wildman–Crippen MR) is 119 cm³/mol. The highest BCUT2D eigenvalue weighted by atomic mass is 32.2. The lowest BCUT2D eigenvalue weighted by molar-refractivity contribution is 0.0453. The van der Waals surface area contributed by atoms with Gasteiger partial charge in [-0.25, -0.2) is 37.5 Å². The van der Waals surface area contributed by atoms with Gasteiger partial charge in [-0.2, -0.15) is 0 Å². The fourth-order valence-corrected chi connectivity index (χ4v) is 4.73. The molecule has 4 rings (SSSR count). The number of sulfonamides is 1. The van der Waals surface area contributed by atoms with Crippen molar-refractivity contribution in [2.24, 2.45) is 0 Å². The van der Waals surface area contributed by atoms with Gasteiger partial charge < -0.3 is 9.30 Å². The number of imidazole rings is 1. The number of carbonyl (C=O) groups is 1. The minimum absolute atomic E-state index is 0.0776. The molecule has 0 amide bonds. The molecule has 10 nitrogen and oxygen atoms in total. The van der Waals surface area contributed by atoms with E-state index in [-0.39, 0.29) is 17.2 Å². The maximum atomic E-state index is 12.5. The van der Waals surface area contributed by atoms with Crippen LogP contribution in [0, 0.1) is 0 Å². The zero-order chi connectivity index (χ0) is 22.9. The summed E-state index contributed by atoms with van der Waals surface area (Å²) in [4.78, 5) is 29.6. The number of aromatic nitrogens is 5. The normalized spacial score (nSPS) is 11.9. The van der Waals surface area contributed by atoms with Crippen LogP contribution in [0.15, 0.2) is 46.9 Å². The molecule has 0 saturated heterocycles. The number of benzene rings is 1. The molecule has 4 aromatic rings. The first-order chi connectivity index (χ1) is 15.3. The summed E-state index contributed by atoms with van der Waals surface area (Å²) in [5.74, 6) is 0.360. The van der Waals surface area contributed by atoms with Gasteiger partial charge in [0.2, 0.25) is 10.0 Å². The molecule has 12 heteroatoms. The largest absolute Gasteiger partial charge is 0.453 e. The van der Waals surface area contributed by atoms with Crippen molar-refractivity contribution in [2.75, 3.05) is 14.1 Å². The highest BCUT2D eigenvalue weighted by molar-refractivity contribution is 7.89. The molecule has 0 N–H and O–H groups in total. The van der Waals surface area contributed by atoms with Crippen LogP contribution < -0.4 is 0 Å². The van der Waals surface area contributed by atoms with Gasteiger partial charge in [0.1, 0.15) is 12.4 Å². The third kappa shape index (κ3) is 4.11.